The summed E-state index contributed by atoms with van der Waals surface area (Å²) in [7, 11) is -3.46. The number of rotatable bonds is 4. The number of amides is 1. The summed E-state index contributed by atoms with van der Waals surface area (Å²) in [6.07, 6.45) is 3.12. The molecule has 0 unspecified atom stereocenters. The molecule has 28 heavy (non-hydrogen) atoms. The van der Waals surface area contributed by atoms with E-state index in [2.05, 4.69) is 15.2 Å². The van der Waals surface area contributed by atoms with Crippen molar-refractivity contribution in [3.8, 4) is 0 Å². The maximum absolute atomic E-state index is 12.5. The summed E-state index contributed by atoms with van der Waals surface area (Å²) in [5.41, 5.74) is 1.70. The average Bonchev–Trinajstić information content (AvgIpc) is 2.68. The molecule has 0 radical (unpaired) electrons. The van der Waals surface area contributed by atoms with E-state index < -0.39 is 14.6 Å². The Kier molecular flexibility index (Phi) is 5.74. The first-order valence-electron chi connectivity index (χ1n) is 9.50. The lowest BCUT2D eigenvalue weighted by atomic mass is 9.95. The van der Waals surface area contributed by atoms with Crippen LogP contribution in [-0.4, -0.2) is 37.1 Å². The van der Waals surface area contributed by atoms with Gasteiger partial charge < -0.3 is 10.2 Å². The fourth-order valence-electron chi connectivity index (χ4n) is 3.20. The first-order chi connectivity index (χ1) is 13.2. The summed E-state index contributed by atoms with van der Waals surface area (Å²) >= 11 is 0. The van der Waals surface area contributed by atoms with Gasteiger partial charge in [0.25, 0.3) is 0 Å². The topological polar surface area (TPSA) is 79.4 Å². The maximum Gasteiger partial charge on any atom is 0.227 e. The molecule has 1 aliphatic rings. The van der Waals surface area contributed by atoms with E-state index >= 15 is 0 Å². The number of carbonyl (C=O) groups is 1. The van der Waals surface area contributed by atoms with Crippen molar-refractivity contribution in [2.24, 2.45) is 5.92 Å². The summed E-state index contributed by atoms with van der Waals surface area (Å²) in [5, 5.41) is 3.07. The summed E-state index contributed by atoms with van der Waals surface area (Å²) in [5.74, 6) is 0.0283. The lowest BCUT2D eigenvalue weighted by Gasteiger charge is -2.33. The number of nitrogens with one attached hydrogen (secondary N) is 1. The van der Waals surface area contributed by atoms with Crippen LogP contribution in [0.4, 0.5) is 11.4 Å². The summed E-state index contributed by atoms with van der Waals surface area (Å²) in [6, 6.07) is 12.8. The first-order valence-corrected chi connectivity index (χ1v) is 11.0. The van der Waals surface area contributed by atoms with E-state index in [-0.39, 0.29) is 16.9 Å². The number of piperidine rings is 1. The fraction of sp³-hybridized carbons (Fsp3) is 0.429. The van der Waals surface area contributed by atoms with Crippen LogP contribution in [0, 0.1) is 5.92 Å². The van der Waals surface area contributed by atoms with Crippen LogP contribution < -0.4 is 10.2 Å². The molecule has 7 heteroatoms. The van der Waals surface area contributed by atoms with E-state index in [0.717, 1.165) is 37.3 Å². The molecule has 3 rings (SSSR count). The number of pyridine rings is 1. The van der Waals surface area contributed by atoms with Crippen LogP contribution in [0.25, 0.3) is 0 Å². The maximum atomic E-state index is 12.5. The number of benzene rings is 1. The van der Waals surface area contributed by atoms with Crippen molar-refractivity contribution in [3.05, 3.63) is 48.7 Å². The normalized spacial score (nSPS) is 16.0. The Morgan fingerprint density at radius 1 is 1.07 bits per heavy atom. The van der Waals surface area contributed by atoms with E-state index in [1.165, 1.54) is 0 Å². The fourth-order valence-corrected chi connectivity index (χ4v) is 4.26. The molecule has 1 fully saturated rings. The van der Waals surface area contributed by atoms with Gasteiger partial charge >= 0.3 is 0 Å². The molecule has 0 aliphatic carbocycles. The predicted molar refractivity (Wildman–Crippen MR) is 111 cm³/mol. The van der Waals surface area contributed by atoms with Gasteiger partial charge in [0.15, 0.2) is 14.9 Å². The minimum absolute atomic E-state index is 0.0232. The van der Waals surface area contributed by atoms with Crippen LogP contribution in [0.15, 0.2) is 53.7 Å². The quantitative estimate of drug-likeness (QED) is 0.848. The van der Waals surface area contributed by atoms with Crippen molar-refractivity contribution in [2.45, 2.75) is 43.4 Å². The van der Waals surface area contributed by atoms with E-state index in [1.807, 2.05) is 30.3 Å². The Hall–Kier alpha value is -2.41. The largest absolute Gasteiger partial charge is 0.370 e. The number of hydrogen-bond acceptors (Lipinski definition) is 5. The van der Waals surface area contributed by atoms with Crippen molar-refractivity contribution in [2.75, 3.05) is 23.3 Å². The van der Waals surface area contributed by atoms with E-state index in [1.54, 1.807) is 39.1 Å². The van der Waals surface area contributed by atoms with Crippen molar-refractivity contribution in [1.29, 1.82) is 0 Å². The van der Waals surface area contributed by atoms with Gasteiger partial charge in [-0.3, -0.25) is 4.79 Å². The van der Waals surface area contributed by atoms with E-state index in [0.29, 0.717) is 0 Å². The minimum atomic E-state index is -3.46. The lowest BCUT2D eigenvalue weighted by Crippen LogP contribution is -2.38. The van der Waals surface area contributed by atoms with Gasteiger partial charge in [-0.15, -0.1) is 0 Å². The smallest absolute Gasteiger partial charge is 0.227 e. The van der Waals surface area contributed by atoms with Gasteiger partial charge in [0.1, 0.15) is 0 Å². The molecule has 2 aromatic rings. The molecular weight excluding hydrogens is 374 g/mol. The number of anilines is 2. The molecule has 0 atom stereocenters. The second-order valence-electron chi connectivity index (χ2n) is 8.09. The molecule has 0 saturated carbocycles. The number of carbonyl (C=O) groups excluding carboxylic acids is 1. The highest BCUT2D eigenvalue weighted by atomic mass is 32.2. The van der Waals surface area contributed by atoms with Gasteiger partial charge in [0.05, 0.1) is 16.6 Å². The zero-order chi connectivity index (χ0) is 20.4. The molecule has 1 aromatic carbocycles. The molecule has 6 nitrogen and oxygen atoms in total. The molecule has 150 valence electrons. The van der Waals surface area contributed by atoms with Gasteiger partial charge in [-0.05, 0) is 57.9 Å². The number of aromatic nitrogens is 1. The molecule has 1 saturated heterocycles. The molecule has 1 amide bonds. The third kappa shape index (κ3) is 4.35. The van der Waals surface area contributed by atoms with Crippen LogP contribution >= 0.6 is 0 Å². The predicted octanol–water partition coefficient (Wildman–Crippen LogP) is 3.51. The van der Waals surface area contributed by atoms with Gasteiger partial charge in [-0.1, -0.05) is 18.2 Å². The van der Waals surface area contributed by atoms with Crippen molar-refractivity contribution in [1.82, 2.24) is 4.98 Å². The van der Waals surface area contributed by atoms with Crippen molar-refractivity contribution >= 4 is 27.1 Å². The summed E-state index contributed by atoms with van der Waals surface area (Å²) in [4.78, 5) is 18.8. The van der Waals surface area contributed by atoms with Gasteiger partial charge in [0.2, 0.25) is 5.91 Å². The lowest BCUT2D eigenvalue weighted by molar-refractivity contribution is -0.120. The highest BCUT2D eigenvalue weighted by Crippen LogP contribution is 2.27. The number of hydrogen-bond donors (Lipinski definition) is 1. The van der Waals surface area contributed by atoms with Gasteiger partial charge in [-0.25, -0.2) is 13.4 Å². The SMILES string of the molecule is CC(C)(C)S(=O)(=O)c1ccc(N2CCC(C(=O)Nc3ccccc3)CC2)cn1. The Balaban J connectivity index is 1.60. The number of para-hydroxylation sites is 1. The number of sulfone groups is 1. The zero-order valence-corrected chi connectivity index (χ0v) is 17.4. The molecule has 1 N–H and O–H groups in total. The van der Waals surface area contributed by atoms with Gasteiger partial charge in [0, 0.05) is 24.7 Å². The van der Waals surface area contributed by atoms with Crippen LogP contribution in [0.1, 0.15) is 33.6 Å². The van der Waals surface area contributed by atoms with Crippen molar-refractivity contribution in [3.63, 3.8) is 0 Å². The molecule has 2 heterocycles. The second-order valence-corrected chi connectivity index (χ2v) is 10.7. The molecular formula is C21H27N3O3S. The van der Waals surface area contributed by atoms with Crippen LogP contribution in [0.2, 0.25) is 0 Å². The molecule has 1 aromatic heterocycles. The molecule has 0 bridgehead atoms. The molecule has 1 aliphatic heterocycles. The average molecular weight is 402 g/mol. The Labute approximate surface area is 166 Å². The van der Waals surface area contributed by atoms with Crippen LogP contribution in [-0.2, 0) is 14.6 Å². The third-order valence-corrected chi connectivity index (χ3v) is 7.48. The Morgan fingerprint density at radius 2 is 1.71 bits per heavy atom. The summed E-state index contributed by atoms with van der Waals surface area (Å²) < 4.78 is 24.1. The Morgan fingerprint density at radius 3 is 2.25 bits per heavy atom. The van der Waals surface area contributed by atoms with Crippen LogP contribution in [0.5, 0.6) is 0 Å². The van der Waals surface area contributed by atoms with E-state index in [4.69, 9.17) is 0 Å². The second kappa shape index (κ2) is 7.91. The zero-order valence-electron chi connectivity index (χ0n) is 16.6. The highest BCUT2D eigenvalue weighted by Gasteiger charge is 2.32. The summed E-state index contributed by atoms with van der Waals surface area (Å²) in [6.45, 7) is 6.48. The van der Waals surface area contributed by atoms with Crippen LogP contribution in [0.3, 0.4) is 0 Å². The Bertz CT molecular complexity index is 912. The highest BCUT2D eigenvalue weighted by molar-refractivity contribution is 7.92. The third-order valence-electron chi connectivity index (χ3n) is 5.07. The van der Waals surface area contributed by atoms with E-state index in [9.17, 15) is 13.2 Å². The number of nitrogens with zero attached hydrogens (tertiary/aromatic N) is 2. The van der Waals surface area contributed by atoms with Crippen molar-refractivity contribution < 1.29 is 13.2 Å². The standard InChI is InChI=1S/C21H27N3O3S/c1-21(2,3)28(26,27)19-10-9-18(15-22-19)24-13-11-16(12-14-24)20(25)23-17-7-5-4-6-8-17/h4-10,15-16H,11-14H2,1-3H3,(H,23,25). The monoisotopic (exact) mass is 401 g/mol. The first kappa shape index (κ1) is 20.3. The van der Waals surface area contributed by atoms with Gasteiger partial charge in [-0.2, -0.15) is 0 Å². The minimum Gasteiger partial charge on any atom is -0.370 e. The molecule has 0 spiro atoms.